The molecule has 0 amide bonds. The number of para-hydroxylation sites is 1. The minimum atomic E-state index is -0.234. The molecule has 0 fully saturated rings. The van der Waals surface area contributed by atoms with Crippen LogP contribution in [0.4, 0.5) is 4.39 Å². The summed E-state index contributed by atoms with van der Waals surface area (Å²) in [5, 5.41) is 7.97. The van der Waals surface area contributed by atoms with Crippen LogP contribution in [0.25, 0.3) is 5.69 Å². The lowest BCUT2D eigenvalue weighted by atomic mass is 10.1. The summed E-state index contributed by atoms with van der Waals surface area (Å²) in [5.41, 5.74) is 3.88. The lowest BCUT2D eigenvalue weighted by Gasteiger charge is -2.09. The summed E-state index contributed by atoms with van der Waals surface area (Å²) in [7, 11) is 0. The number of rotatable bonds is 6. The molecule has 2 rings (SSSR count). The number of halogens is 1. The fourth-order valence-electron chi connectivity index (χ4n) is 2.46. The maximum Gasteiger partial charge on any atom is 0.148 e. The predicted molar refractivity (Wildman–Crippen MR) is 79.7 cm³/mol. The van der Waals surface area contributed by atoms with Gasteiger partial charge in [-0.25, -0.2) is 9.07 Å². The van der Waals surface area contributed by atoms with Crippen molar-refractivity contribution in [2.75, 3.05) is 6.54 Å². The average molecular weight is 275 g/mol. The fraction of sp³-hybridized carbons (Fsp3) is 0.438. The quantitative estimate of drug-likeness (QED) is 0.877. The van der Waals surface area contributed by atoms with Gasteiger partial charge in [0.1, 0.15) is 11.5 Å². The van der Waals surface area contributed by atoms with Gasteiger partial charge < -0.3 is 5.32 Å². The molecule has 0 atom stereocenters. The van der Waals surface area contributed by atoms with E-state index in [1.54, 1.807) is 16.8 Å². The van der Waals surface area contributed by atoms with Gasteiger partial charge in [-0.3, -0.25) is 0 Å². The largest absolute Gasteiger partial charge is 0.313 e. The number of aromatic nitrogens is 2. The summed E-state index contributed by atoms with van der Waals surface area (Å²) in [4.78, 5) is 0. The van der Waals surface area contributed by atoms with Crippen LogP contribution in [0.2, 0.25) is 0 Å². The monoisotopic (exact) mass is 275 g/mol. The maximum atomic E-state index is 14.0. The van der Waals surface area contributed by atoms with Crippen molar-refractivity contribution >= 4 is 0 Å². The summed E-state index contributed by atoms with van der Waals surface area (Å²) in [6.45, 7) is 7.96. The normalized spacial score (nSPS) is 11.0. The Hall–Kier alpha value is -1.68. The van der Waals surface area contributed by atoms with Gasteiger partial charge in [0, 0.05) is 17.8 Å². The first kappa shape index (κ1) is 14.7. The van der Waals surface area contributed by atoms with Crippen molar-refractivity contribution in [1.29, 1.82) is 0 Å². The SMILES string of the molecule is CCNCc1c(CC)nn(-c2ccccc2F)c1CC. The van der Waals surface area contributed by atoms with Gasteiger partial charge in [0.15, 0.2) is 0 Å². The summed E-state index contributed by atoms with van der Waals surface area (Å²) >= 11 is 0. The first-order valence-electron chi connectivity index (χ1n) is 7.28. The van der Waals surface area contributed by atoms with Gasteiger partial charge in [-0.2, -0.15) is 5.10 Å². The van der Waals surface area contributed by atoms with Crippen LogP contribution in [0.15, 0.2) is 24.3 Å². The topological polar surface area (TPSA) is 29.9 Å². The molecule has 3 nitrogen and oxygen atoms in total. The first-order chi connectivity index (χ1) is 9.72. The second-order valence-electron chi connectivity index (χ2n) is 4.72. The van der Waals surface area contributed by atoms with E-state index in [9.17, 15) is 4.39 Å². The average Bonchev–Trinajstić information content (AvgIpc) is 2.83. The standard InChI is InChI=1S/C16H22FN3/c1-4-14-12(11-18-6-3)15(5-2)20(19-14)16-10-8-7-9-13(16)17/h7-10,18H,4-6,11H2,1-3H3. The molecule has 108 valence electrons. The lowest BCUT2D eigenvalue weighted by Crippen LogP contribution is -2.14. The molecule has 2 aromatic rings. The van der Waals surface area contributed by atoms with Crippen LogP contribution in [-0.4, -0.2) is 16.3 Å². The number of hydrogen-bond acceptors (Lipinski definition) is 2. The van der Waals surface area contributed by atoms with Crippen molar-refractivity contribution in [2.45, 2.75) is 40.2 Å². The molecule has 0 bridgehead atoms. The second kappa shape index (κ2) is 6.66. The van der Waals surface area contributed by atoms with Crippen LogP contribution in [0.3, 0.4) is 0 Å². The third-order valence-corrected chi connectivity index (χ3v) is 3.48. The van der Waals surface area contributed by atoms with Crippen LogP contribution in [-0.2, 0) is 19.4 Å². The number of benzene rings is 1. The lowest BCUT2D eigenvalue weighted by molar-refractivity contribution is 0.605. The van der Waals surface area contributed by atoms with E-state index >= 15 is 0 Å². The minimum Gasteiger partial charge on any atom is -0.313 e. The zero-order valence-electron chi connectivity index (χ0n) is 12.4. The number of nitrogens with zero attached hydrogens (tertiary/aromatic N) is 2. The molecule has 0 saturated carbocycles. The Labute approximate surface area is 119 Å². The molecule has 0 aliphatic carbocycles. The van der Waals surface area contributed by atoms with Crippen molar-refractivity contribution in [3.05, 3.63) is 47.0 Å². The Morgan fingerprint density at radius 2 is 1.90 bits per heavy atom. The first-order valence-corrected chi connectivity index (χ1v) is 7.28. The molecule has 1 N–H and O–H groups in total. The van der Waals surface area contributed by atoms with Gasteiger partial charge in [-0.15, -0.1) is 0 Å². The molecule has 0 saturated heterocycles. The molecular formula is C16H22FN3. The number of nitrogens with one attached hydrogen (secondary N) is 1. The van der Waals surface area contributed by atoms with Gasteiger partial charge in [-0.1, -0.05) is 32.9 Å². The fourth-order valence-corrected chi connectivity index (χ4v) is 2.46. The van der Waals surface area contributed by atoms with Crippen LogP contribution >= 0.6 is 0 Å². The Morgan fingerprint density at radius 1 is 1.15 bits per heavy atom. The Bertz CT molecular complexity index is 575. The summed E-state index contributed by atoms with van der Waals surface area (Å²) < 4.78 is 15.8. The summed E-state index contributed by atoms with van der Waals surface area (Å²) in [5.74, 6) is -0.234. The van der Waals surface area contributed by atoms with Crippen LogP contribution in [0.1, 0.15) is 37.7 Å². The molecule has 4 heteroatoms. The molecule has 0 spiro atoms. The smallest absolute Gasteiger partial charge is 0.148 e. The van der Waals surface area contributed by atoms with Crippen molar-refractivity contribution in [1.82, 2.24) is 15.1 Å². The molecule has 0 aliphatic rings. The predicted octanol–water partition coefficient (Wildman–Crippen LogP) is 3.25. The molecule has 1 aromatic carbocycles. The third-order valence-electron chi connectivity index (χ3n) is 3.48. The zero-order chi connectivity index (χ0) is 14.5. The van der Waals surface area contributed by atoms with E-state index in [1.165, 1.54) is 11.6 Å². The van der Waals surface area contributed by atoms with Gasteiger partial charge in [-0.05, 0) is 31.5 Å². The van der Waals surface area contributed by atoms with Gasteiger partial charge in [0.2, 0.25) is 0 Å². The highest BCUT2D eigenvalue weighted by atomic mass is 19.1. The molecular weight excluding hydrogens is 253 g/mol. The van der Waals surface area contributed by atoms with Gasteiger partial charge in [0.05, 0.1) is 5.69 Å². The highest BCUT2D eigenvalue weighted by molar-refractivity contribution is 5.39. The van der Waals surface area contributed by atoms with Crippen LogP contribution < -0.4 is 5.32 Å². The van der Waals surface area contributed by atoms with Crippen molar-refractivity contribution in [2.24, 2.45) is 0 Å². The highest BCUT2D eigenvalue weighted by Gasteiger charge is 2.17. The van der Waals surface area contributed by atoms with E-state index < -0.39 is 0 Å². The summed E-state index contributed by atoms with van der Waals surface area (Å²) in [6.07, 6.45) is 1.69. The van der Waals surface area contributed by atoms with Crippen LogP contribution in [0.5, 0.6) is 0 Å². The van der Waals surface area contributed by atoms with E-state index in [4.69, 9.17) is 0 Å². The molecule has 0 unspecified atom stereocenters. The van der Waals surface area contributed by atoms with E-state index in [-0.39, 0.29) is 5.82 Å². The minimum absolute atomic E-state index is 0.234. The Balaban J connectivity index is 2.53. The van der Waals surface area contributed by atoms with Crippen LogP contribution in [0, 0.1) is 5.82 Å². The Kier molecular flexibility index (Phi) is 4.90. The zero-order valence-corrected chi connectivity index (χ0v) is 12.4. The van der Waals surface area contributed by atoms with E-state index in [2.05, 4.69) is 31.2 Å². The number of hydrogen-bond donors (Lipinski definition) is 1. The number of aryl methyl sites for hydroxylation is 1. The van der Waals surface area contributed by atoms with Crippen molar-refractivity contribution in [3.8, 4) is 5.69 Å². The molecule has 0 radical (unpaired) electrons. The summed E-state index contributed by atoms with van der Waals surface area (Å²) in [6, 6.07) is 6.80. The van der Waals surface area contributed by atoms with Crippen molar-refractivity contribution < 1.29 is 4.39 Å². The molecule has 1 heterocycles. The highest BCUT2D eigenvalue weighted by Crippen LogP contribution is 2.22. The van der Waals surface area contributed by atoms with E-state index in [1.807, 2.05) is 6.07 Å². The van der Waals surface area contributed by atoms with E-state index in [0.29, 0.717) is 5.69 Å². The molecule has 0 aliphatic heterocycles. The maximum absolute atomic E-state index is 14.0. The van der Waals surface area contributed by atoms with Crippen molar-refractivity contribution in [3.63, 3.8) is 0 Å². The second-order valence-corrected chi connectivity index (χ2v) is 4.72. The Morgan fingerprint density at radius 3 is 2.50 bits per heavy atom. The molecule has 1 aromatic heterocycles. The molecule has 20 heavy (non-hydrogen) atoms. The van der Waals surface area contributed by atoms with E-state index in [0.717, 1.165) is 37.3 Å². The third kappa shape index (κ3) is 2.75. The van der Waals surface area contributed by atoms with Gasteiger partial charge >= 0.3 is 0 Å². The van der Waals surface area contributed by atoms with Gasteiger partial charge in [0.25, 0.3) is 0 Å².